The smallest absolute Gasteiger partial charge is 0.111 e. The molecule has 2 atom stereocenters. The number of likely N-dealkylation sites (N-methyl/N-ethyl adjacent to an activating group) is 1. The number of aromatic nitrogens is 1. The van der Waals surface area contributed by atoms with E-state index >= 15 is 0 Å². The van der Waals surface area contributed by atoms with Crippen molar-refractivity contribution >= 4 is 21.6 Å². The van der Waals surface area contributed by atoms with Gasteiger partial charge in [0.2, 0.25) is 0 Å². The molecule has 2 aromatic rings. The molecule has 3 nitrogen and oxygen atoms in total. The molecule has 2 unspecified atom stereocenters. The van der Waals surface area contributed by atoms with Crippen LogP contribution in [0.25, 0.3) is 10.2 Å². The van der Waals surface area contributed by atoms with Crippen molar-refractivity contribution in [1.29, 1.82) is 0 Å². The fourth-order valence-electron chi connectivity index (χ4n) is 3.20. The third-order valence-corrected chi connectivity index (χ3v) is 5.48. The second-order valence-corrected chi connectivity index (χ2v) is 6.70. The molecular weight excluding hydrogens is 266 g/mol. The lowest BCUT2D eigenvalue weighted by Gasteiger charge is -2.39. The van der Waals surface area contributed by atoms with Crippen molar-refractivity contribution < 1.29 is 0 Å². The molecule has 1 aliphatic heterocycles. The maximum absolute atomic E-state index is 4.84. The maximum Gasteiger partial charge on any atom is 0.111 e. The summed E-state index contributed by atoms with van der Waals surface area (Å²) in [7, 11) is 2.05. The second-order valence-electron chi connectivity index (χ2n) is 5.64. The summed E-state index contributed by atoms with van der Waals surface area (Å²) in [6, 6.07) is 9.52. The van der Waals surface area contributed by atoms with Crippen LogP contribution in [0.15, 0.2) is 24.3 Å². The molecule has 0 amide bonds. The Morgan fingerprint density at radius 2 is 2.25 bits per heavy atom. The SMILES string of the molecule is CNCC1CCCCN1C(C)c1nc2ccccc2s1. The molecule has 1 N–H and O–H groups in total. The van der Waals surface area contributed by atoms with Crippen LogP contribution in [0.2, 0.25) is 0 Å². The van der Waals surface area contributed by atoms with E-state index < -0.39 is 0 Å². The number of likely N-dealkylation sites (tertiary alicyclic amines) is 1. The molecule has 1 aromatic carbocycles. The Bertz CT molecular complexity index is 531. The summed E-state index contributed by atoms with van der Waals surface area (Å²) in [5.41, 5.74) is 1.14. The van der Waals surface area contributed by atoms with Crippen LogP contribution in [0.5, 0.6) is 0 Å². The molecular formula is C16H23N3S. The fourth-order valence-corrected chi connectivity index (χ4v) is 4.24. The lowest BCUT2D eigenvalue weighted by atomic mass is 10.00. The van der Waals surface area contributed by atoms with Gasteiger partial charge in [0.05, 0.1) is 16.3 Å². The summed E-state index contributed by atoms with van der Waals surface area (Å²) in [6.07, 6.45) is 3.97. The van der Waals surface area contributed by atoms with E-state index in [2.05, 4.69) is 48.5 Å². The normalized spacial score (nSPS) is 22.2. The molecule has 1 aliphatic rings. The van der Waals surface area contributed by atoms with E-state index in [1.54, 1.807) is 0 Å². The Kier molecular flexibility index (Phi) is 4.34. The summed E-state index contributed by atoms with van der Waals surface area (Å²) in [5.74, 6) is 0. The molecule has 0 saturated carbocycles. The van der Waals surface area contributed by atoms with Crippen molar-refractivity contribution in [3.63, 3.8) is 0 Å². The number of fused-ring (bicyclic) bond motifs is 1. The summed E-state index contributed by atoms with van der Waals surface area (Å²) in [6.45, 7) is 4.59. The van der Waals surface area contributed by atoms with Gasteiger partial charge < -0.3 is 5.32 Å². The lowest BCUT2D eigenvalue weighted by Crippen LogP contribution is -2.45. The number of para-hydroxylation sites is 1. The minimum Gasteiger partial charge on any atom is -0.318 e. The number of nitrogens with one attached hydrogen (secondary N) is 1. The zero-order valence-corrected chi connectivity index (χ0v) is 13.1. The highest BCUT2D eigenvalue weighted by atomic mass is 32.1. The first-order chi connectivity index (χ1) is 9.79. The summed E-state index contributed by atoms with van der Waals surface area (Å²) >= 11 is 1.85. The van der Waals surface area contributed by atoms with Gasteiger partial charge in [0.1, 0.15) is 5.01 Å². The third kappa shape index (κ3) is 2.73. The second kappa shape index (κ2) is 6.20. The van der Waals surface area contributed by atoms with E-state index in [4.69, 9.17) is 4.98 Å². The molecule has 20 heavy (non-hydrogen) atoms. The van der Waals surface area contributed by atoms with Crippen LogP contribution in [0.4, 0.5) is 0 Å². The van der Waals surface area contributed by atoms with Crippen molar-refractivity contribution in [1.82, 2.24) is 15.2 Å². The molecule has 2 heterocycles. The molecule has 1 aromatic heterocycles. The van der Waals surface area contributed by atoms with E-state index in [0.29, 0.717) is 12.1 Å². The molecule has 0 aliphatic carbocycles. The van der Waals surface area contributed by atoms with Crippen LogP contribution < -0.4 is 5.32 Å². The van der Waals surface area contributed by atoms with Crippen molar-refractivity contribution in [3.05, 3.63) is 29.3 Å². The van der Waals surface area contributed by atoms with E-state index in [1.807, 2.05) is 11.3 Å². The Morgan fingerprint density at radius 1 is 1.40 bits per heavy atom. The van der Waals surface area contributed by atoms with Gasteiger partial charge in [0.15, 0.2) is 0 Å². The van der Waals surface area contributed by atoms with Crippen LogP contribution in [-0.4, -0.2) is 36.1 Å². The van der Waals surface area contributed by atoms with Crippen LogP contribution in [-0.2, 0) is 0 Å². The van der Waals surface area contributed by atoms with Gasteiger partial charge in [0.25, 0.3) is 0 Å². The average molecular weight is 289 g/mol. The Morgan fingerprint density at radius 3 is 3.05 bits per heavy atom. The third-order valence-electron chi connectivity index (χ3n) is 4.28. The Labute approximate surface area is 125 Å². The van der Waals surface area contributed by atoms with Gasteiger partial charge in [-0.1, -0.05) is 18.6 Å². The number of hydrogen-bond donors (Lipinski definition) is 1. The highest BCUT2D eigenvalue weighted by Gasteiger charge is 2.28. The number of piperidine rings is 1. The average Bonchev–Trinajstić information content (AvgIpc) is 2.91. The van der Waals surface area contributed by atoms with Gasteiger partial charge in [-0.2, -0.15) is 0 Å². The van der Waals surface area contributed by atoms with Crippen LogP contribution in [0, 0.1) is 0 Å². The van der Waals surface area contributed by atoms with Crippen molar-refractivity contribution in [2.45, 2.75) is 38.3 Å². The molecule has 1 fully saturated rings. The van der Waals surface area contributed by atoms with E-state index in [0.717, 1.165) is 12.1 Å². The van der Waals surface area contributed by atoms with Crippen LogP contribution in [0.3, 0.4) is 0 Å². The zero-order valence-electron chi connectivity index (χ0n) is 12.3. The molecule has 108 valence electrons. The molecule has 0 radical (unpaired) electrons. The lowest BCUT2D eigenvalue weighted by molar-refractivity contribution is 0.103. The minimum absolute atomic E-state index is 0.422. The summed E-state index contributed by atoms with van der Waals surface area (Å²) < 4.78 is 1.30. The van der Waals surface area contributed by atoms with Gasteiger partial charge >= 0.3 is 0 Å². The summed E-state index contributed by atoms with van der Waals surface area (Å²) in [4.78, 5) is 7.48. The van der Waals surface area contributed by atoms with Gasteiger partial charge in [0, 0.05) is 12.6 Å². The van der Waals surface area contributed by atoms with Crippen molar-refractivity contribution in [3.8, 4) is 0 Å². The zero-order chi connectivity index (χ0) is 13.9. The quantitative estimate of drug-likeness (QED) is 0.934. The minimum atomic E-state index is 0.422. The first-order valence-corrected chi connectivity index (χ1v) is 8.37. The van der Waals surface area contributed by atoms with Gasteiger partial charge in [-0.15, -0.1) is 11.3 Å². The van der Waals surface area contributed by atoms with E-state index in [1.165, 1.54) is 35.5 Å². The number of rotatable bonds is 4. The number of nitrogens with zero attached hydrogens (tertiary/aromatic N) is 2. The first kappa shape index (κ1) is 14.0. The van der Waals surface area contributed by atoms with Gasteiger partial charge in [-0.25, -0.2) is 4.98 Å². The molecule has 0 bridgehead atoms. The van der Waals surface area contributed by atoms with E-state index in [-0.39, 0.29) is 0 Å². The van der Waals surface area contributed by atoms with E-state index in [9.17, 15) is 0 Å². The molecule has 1 saturated heterocycles. The Balaban J connectivity index is 1.84. The van der Waals surface area contributed by atoms with Crippen LogP contribution >= 0.6 is 11.3 Å². The number of hydrogen-bond acceptors (Lipinski definition) is 4. The fraction of sp³-hybridized carbons (Fsp3) is 0.562. The van der Waals surface area contributed by atoms with Crippen molar-refractivity contribution in [2.75, 3.05) is 20.1 Å². The van der Waals surface area contributed by atoms with Crippen LogP contribution in [0.1, 0.15) is 37.2 Å². The monoisotopic (exact) mass is 289 g/mol. The number of thiazole rings is 1. The molecule has 4 heteroatoms. The largest absolute Gasteiger partial charge is 0.318 e. The van der Waals surface area contributed by atoms with Gasteiger partial charge in [-0.3, -0.25) is 4.90 Å². The molecule has 3 rings (SSSR count). The highest BCUT2D eigenvalue weighted by Crippen LogP contribution is 2.32. The molecule has 0 spiro atoms. The Hall–Kier alpha value is -0.970. The topological polar surface area (TPSA) is 28.2 Å². The standard InChI is InChI=1S/C16H23N3S/c1-12(19-10-6-5-7-13(19)11-17-2)16-18-14-8-3-4-9-15(14)20-16/h3-4,8-9,12-13,17H,5-7,10-11H2,1-2H3. The first-order valence-electron chi connectivity index (χ1n) is 7.55. The highest BCUT2D eigenvalue weighted by molar-refractivity contribution is 7.18. The maximum atomic E-state index is 4.84. The summed E-state index contributed by atoms with van der Waals surface area (Å²) in [5, 5.41) is 4.60. The van der Waals surface area contributed by atoms with Gasteiger partial charge in [-0.05, 0) is 45.5 Å². The predicted octanol–water partition coefficient (Wildman–Crippen LogP) is 3.43. The van der Waals surface area contributed by atoms with Crippen molar-refractivity contribution in [2.24, 2.45) is 0 Å². The predicted molar refractivity (Wildman–Crippen MR) is 86.3 cm³/mol. The number of benzene rings is 1.